The Morgan fingerprint density at radius 3 is 2.07 bits per heavy atom. The maximum atomic E-state index is 11.6. The van der Waals surface area contributed by atoms with E-state index < -0.39 is 30.6 Å². The first-order valence-corrected chi connectivity index (χ1v) is 8.91. The van der Waals surface area contributed by atoms with Crippen molar-refractivity contribution in [3.8, 4) is 0 Å². The van der Waals surface area contributed by atoms with E-state index in [0.29, 0.717) is 6.61 Å². The first-order chi connectivity index (χ1) is 13.1. The van der Waals surface area contributed by atoms with E-state index in [9.17, 15) is 9.90 Å². The minimum absolute atomic E-state index is 0.108. The van der Waals surface area contributed by atoms with Gasteiger partial charge in [0.1, 0.15) is 12.2 Å². The van der Waals surface area contributed by atoms with Crippen LogP contribution in [0.3, 0.4) is 0 Å². The lowest BCUT2D eigenvalue weighted by Gasteiger charge is -2.39. The zero-order valence-electron chi connectivity index (χ0n) is 15.2. The third-order valence-electron chi connectivity index (χ3n) is 4.30. The average molecular weight is 372 g/mol. The van der Waals surface area contributed by atoms with Crippen molar-refractivity contribution < 1.29 is 28.8 Å². The van der Waals surface area contributed by atoms with Gasteiger partial charge in [-0.3, -0.25) is 4.79 Å². The summed E-state index contributed by atoms with van der Waals surface area (Å²) in [7, 11) is 0. The first kappa shape index (κ1) is 19.5. The van der Waals surface area contributed by atoms with Crippen LogP contribution in [-0.2, 0) is 37.0 Å². The zero-order valence-corrected chi connectivity index (χ0v) is 15.2. The highest BCUT2D eigenvalue weighted by Gasteiger charge is 2.43. The number of benzene rings is 2. The molecule has 0 radical (unpaired) electrons. The van der Waals surface area contributed by atoms with Gasteiger partial charge in [-0.15, -0.1) is 0 Å². The second-order valence-corrected chi connectivity index (χ2v) is 6.39. The van der Waals surface area contributed by atoms with Crippen LogP contribution in [-0.4, -0.2) is 42.3 Å². The summed E-state index contributed by atoms with van der Waals surface area (Å²) in [4.78, 5) is 11.6. The van der Waals surface area contributed by atoms with Crippen molar-refractivity contribution in [2.45, 2.75) is 44.7 Å². The Morgan fingerprint density at radius 2 is 1.52 bits per heavy atom. The SMILES string of the molecule is CC(=O)O[C@@H]1[C@@H](OCc2ccccc2)[C@H](O)OC[C@H]1OCc1ccccc1. The molecular weight excluding hydrogens is 348 g/mol. The van der Waals surface area contributed by atoms with E-state index in [-0.39, 0.29) is 13.2 Å². The highest BCUT2D eigenvalue weighted by molar-refractivity contribution is 5.66. The van der Waals surface area contributed by atoms with Crippen molar-refractivity contribution in [3.63, 3.8) is 0 Å². The fraction of sp³-hybridized carbons (Fsp3) is 0.381. The first-order valence-electron chi connectivity index (χ1n) is 8.91. The Labute approximate surface area is 158 Å². The van der Waals surface area contributed by atoms with E-state index in [1.165, 1.54) is 6.92 Å². The molecule has 6 heteroatoms. The predicted molar refractivity (Wildman–Crippen MR) is 97.6 cm³/mol. The van der Waals surface area contributed by atoms with E-state index in [1.54, 1.807) is 0 Å². The van der Waals surface area contributed by atoms with Gasteiger partial charge >= 0.3 is 5.97 Å². The molecule has 0 saturated carbocycles. The summed E-state index contributed by atoms with van der Waals surface area (Å²) in [5, 5.41) is 10.2. The van der Waals surface area contributed by atoms with Gasteiger partial charge in [0.05, 0.1) is 19.8 Å². The molecule has 4 atom stereocenters. The molecule has 1 heterocycles. The number of esters is 1. The molecule has 144 valence electrons. The van der Waals surface area contributed by atoms with Gasteiger partial charge in [-0.25, -0.2) is 0 Å². The largest absolute Gasteiger partial charge is 0.457 e. The second-order valence-electron chi connectivity index (χ2n) is 6.39. The summed E-state index contributed by atoms with van der Waals surface area (Å²) >= 11 is 0. The Bertz CT molecular complexity index is 705. The van der Waals surface area contributed by atoms with Crippen molar-refractivity contribution in [2.75, 3.05) is 6.61 Å². The van der Waals surface area contributed by atoms with E-state index >= 15 is 0 Å². The molecule has 0 amide bonds. The van der Waals surface area contributed by atoms with Gasteiger partial charge in [-0.2, -0.15) is 0 Å². The lowest BCUT2D eigenvalue weighted by molar-refractivity contribution is -0.279. The molecule has 0 bridgehead atoms. The van der Waals surface area contributed by atoms with E-state index in [2.05, 4.69) is 0 Å². The quantitative estimate of drug-likeness (QED) is 0.753. The van der Waals surface area contributed by atoms with Crippen molar-refractivity contribution >= 4 is 5.97 Å². The Balaban J connectivity index is 1.68. The van der Waals surface area contributed by atoms with Gasteiger partial charge in [-0.1, -0.05) is 60.7 Å². The van der Waals surface area contributed by atoms with Crippen molar-refractivity contribution in [3.05, 3.63) is 71.8 Å². The van der Waals surface area contributed by atoms with Crippen LogP contribution in [0.15, 0.2) is 60.7 Å². The molecule has 1 aliphatic heterocycles. The standard InChI is InChI=1S/C21H24O6/c1-15(22)27-19-18(24-12-16-8-4-2-5-9-16)14-26-21(23)20(19)25-13-17-10-6-3-7-11-17/h2-11,18-21,23H,12-14H2,1H3/t18-,19+,20-,21-/m1/s1. The van der Waals surface area contributed by atoms with Crippen LogP contribution in [0.2, 0.25) is 0 Å². The fourth-order valence-electron chi connectivity index (χ4n) is 2.96. The van der Waals surface area contributed by atoms with Gasteiger partial charge in [0, 0.05) is 6.92 Å². The molecule has 3 rings (SSSR count). The number of hydrogen-bond donors (Lipinski definition) is 1. The maximum absolute atomic E-state index is 11.6. The molecule has 0 aliphatic carbocycles. The number of aliphatic hydroxyl groups excluding tert-OH is 1. The van der Waals surface area contributed by atoms with Crippen LogP contribution in [0.5, 0.6) is 0 Å². The topological polar surface area (TPSA) is 74.2 Å². The lowest BCUT2D eigenvalue weighted by atomic mass is 10.0. The van der Waals surface area contributed by atoms with E-state index in [1.807, 2.05) is 60.7 Å². The number of rotatable bonds is 7. The Hall–Kier alpha value is -2.25. The van der Waals surface area contributed by atoms with Gasteiger partial charge in [0.25, 0.3) is 0 Å². The van der Waals surface area contributed by atoms with Crippen LogP contribution in [0, 0.1) is 0 Å². The molecule has 1 fully saturated rings. The molecule has 6 nitrogen and oxygen atoms in total. The van der Waals surface area contributed by atoms with Crippen molar-refractivity contribution in [2.24, 2.45) is 0 Å². The summed E-state index contributed by atoms with van der Waals surface area (Å²) in [6.07, 6.45) is -3.35. The number of ether oxygens (including phenoxy) is 4. The third-order valence-corrected chi connectivity index (χ3v) is 4.30. The van der Waals surface area contributed by atoms with Crippen LogP contribution < -0.4 is 0 Å². The lowest BCUT2D eigenvalue weighted by Crippen LogP contribution is -2.56. The Morgan fingerprint density at radius 1 is 0.963 bits per heavy atom. The molecule has 1 saturated heterocycles. The number of carbonyl (C=O) groups is 1. The molecule has 0 unspecified atom stereocenters. The second kappa shape index (κ2) is 9.62. The zero-order chi connectivity index (χ0) is 19.1. The molecule has 0 aromatic heterocycles. The van der Waals surface area contributed by atoms with Crippen molar-refractivity contribution in [1.82, 2.24) is 0 Å². The number of carbonyl (C=O) groups excluding carboxylic acids is 1. The molecule has 1 N–H and O–H groups in total. The summed E-state index contributed by atoms with van der Waals surface area (Å²) in [6.45, 7) is 2.03. The van der Waals surface area contributed by atoms with Crippen molar-refractivity contribution in [1.29, 1.82) is 0 Å². The van der Waals surface area contributed by atoms with E-state index in [0.717, 1.165) is 11.1 Å². The van der Waals surface area contributed by atoms with Crippen LogP contribution in [0.1, 0.15) is 18.1 Å². The third kappa shape index (κ3) is 5.61. The highest BCUT2D eigenvalue weighted by Crippen LogP contribution is 2.24. The molecule has 0 spiro atoms. The normalized spacial score (nSPS) is 25.1. The maximum Gasteiger partial charge on any atom is 0.303 e. The summed E-state index contributed by atoms with van der Waals surface area (Å²) in [5.41, 5.74) is 1.94. The summed E-state index contributed by atoms with van der Waals surface area (Å²) in [6, 6.07) is 19.2. The van der Waals surface area contributed by atoms with Gasteiger partial charge in [0.15, 0.2) is 12.4 Å². The smallest absolute Gasteiger partial charge is 0.303 e. The monoisotopic (exact) mass is 372 g/mol. The van der Waals surface area contributed by atoms with Crippen LogP contribution in [0.4, 0.5) is 0 Å². The predicted octanol–water partition coefficient (Wildman–Crippen LogP) is 2.44. The molecule has 27 heavy (non-hydrogen) atoms. The minimum Gasteiger partial charge on any atom is -0.457 e. The minimum atomic E-state index is -1.20. The summed E-state index contributed by atoms with van der Waals surface area (Å²) in [5.74, 6) is -0.462. The fourth-order valence-corrected chi connectivity index (χ4v) is 2.96. The molecular formula is C21H24O6. The molecule has 1 aliphatic rings. The van der Waals surface area contributed by atoms with Gasteiger partial charge in [-0.05, 0) is 11.1 Å². The van der Waals surface area contributed by atoms with E-state index in [4.69, 9.17) is 18.9 Å². The van der Waals surface area contributed by atoms with Crippen LogP contribution in [0.25, 0.3) is 0 Å². The Kier molecular flexibility index (Phi) is 6.95. The average Bonchev–Trinajstić information content (AvgIpc) is 2.68. The molecule has 2 aromatic rings. The van der Waals surface area contributed by atoms with Gasteiger partial charge < -0.3 is 24.1 Å². The molecule has 2 aromatic carbocycles. The highest BCUT2D eigenvalue weighted by atomic mass is 16.7. The number of hydrogen-bond acceptors (Lipinski definition) is 6. The van der Waals surface area contributed by atoms with Crippen LogP contribution >= 0.6 is 0 Å². The van der Waals surface area contributed by atoms with Gasteiger partial charge in [0.2, 0.25) is 0 Å². The summed E-state index contributed by atoms with van der Waals surface area (Å²) < 4.78 is 22.6. The number of aliphatic hydroxyl groups is 1.